The first-order chi connectivity index (χ1) is 9.94. The van der Waals surface area contributed by atoms with Gasteiger partial charge in [0.15, 0.2) is 0 Å². The van der Waals surface area contributed by atoms with Crippen molar-refractivity contribution in [3.63, 3.8) is 0 Å². The van der Waals surface area contributed by atoms with Gasteiger partial charge in [-0.3, -0.25) is 9.69 Å². The fourth-order valence-corrected chi connectivity index (χ4v) is 2.80. The first-order valence-corrected chi connectivity index (χ1v) is 6.83. The van der Waals surface area contributed by atoms with Crippen LogP contribution in [0.3, 0.4) is 0 Å². The van der Waals surface area contributed by atoms with E-state index < -0.39 is 17.6 Å². The highest BCUT2D eigenvalue weighted by atomic mass is 16.5. The highest BCUT2D eigenvalue weighted by molar-refractivity contribution is 5.88. The summed E-state index contributed by atoms with van der Waals surface area (Å²) in [7, 11) is 1.55. The van der Waals surface area contributed by atoms with Crippen LogP contribution in [0.2, 0.25) is 0 Å². The highest BCUT2D eigenvalue weighted by Crippen LogP contribution is 2.37. The maximum Gasteiger partial charge on any atom is 0.317 e. The minimum Gasteiger partial charge on any atom is -0.497 e. The van der Waals surface area contributed by atoms with Crippen molar-refractivity contribution in [1.29, 1.82) is 0 Å². The lowest BCUT2D eigenvalue weighted by molar-refractivity contribution is -0.155. The molecule has 0 radical (unpaired) electrons. The van der Waals surface area contributed by atoms with Crippen molar-refractivity contribution in [1.82, 2.24) is 4.90 Å². The van der Waals surface area contributed by atoms with Gasteiger partial charge >= 0.3 is 5.97 Å². The van der Waals surface area contributed by atoms with Crippen molar-refractivity contribution in [2.45, 2.75) is 25.0 Å². The maximum atomic E-state index is 11.5. The molecule has 0 spiro atoms. The number of aliphatic carboxylic acids is 1. The summed E-state index contributed by atoms with van der Waals surface area (Å²) >= 11 is 0. The molecule has 21 heavy (non-hydrogen) atoms. The number of methoxy groups -OCH3 is 1. The van der Waals surface area contributed by atoms with Gasteiger partial charge in [0.05, 0.1) is 7.11 Å². The second-order valence-corrected chi connectivity index (χ2v) is 5.34. The predicted octanol–water partition coefficient (Wildman–Crippen LogP) is 0.801. The summed E-state index contributed by atoms with van der Waals surface area (Å²) in [6.07, 6.45) is 1.35. The first kappa shape index (κ1) is 15.5. The number of nitrogens with zero attached hydrogens (tertiary/aromatic N) is 1. The zero-order chi connectivity index (χ0) is 15.6. The van der Waals surface area contributed by atoms with Crippen molar-refractivity contribution >= 4 is 12.3 Å². The van der Waals surface area contributed by atoms with Gasteiger partial charge in [-0.2, -0.15) is 0 Å². The zero-order valence-corrected chi connectivity index (χ0v) is 12.2. The molecule has 0 aromatic heterocycles. The Morgan fingerprint density at radius 3 is 2.48 bits per heavy atom. The Labute approximate surface area is 123 Å². The topological polar surface area (TPSA) is 92.9 Å². The van der Waals surface area contributed by atoms with Crippen molar-refractivity contribution < 1.29 is 19.4 Å². The van der Waals surface area contributed by atoms with Crippen LogP contribution in [0.4, 0.5) is 0 Å². The van der Waals surface area contributed by atoms with Gasteiger partial charge in [0, 0.05) is 12.6 Å². The summed E-state index contributed by atoms with van der Waals surface area (Å²) in [6.45, 7) is 2.64. The van der Waals surface area contributed by atoms with Crippen molar-refractivity contribution in [3.8, 4) is 5.75 Å². The monoisotopic (exact) mass is 292 g/mol. The molecule has 0 saturated carbocycles. The SMILES string of the molecule is COc1ccc(C(N)(C(C=O)C(=O)O)N2CC[C@H]2C)cc1. The lowest BCUT2D eigenvalue weighted by atomic mass is 9.81. The van der Waals surface area contributed by atoms with Crippen LogP contribution in [0.1, 0.15) is 18.9 Å². The summed E-state index contributed by atoms with van der Waals surface area (Å²) in [6, 6.07) is 6.99. The number of carbonyl (C=O) groups is 2. The van der Waals surface area contributed by atoms with Gasteiger partial charge in [-0.15, -0.1) is 0 Å². The van der Waals surface area contributed by atoms with Gasteiger partial charge in [-0.25, -0.2) is 0 Å². The van der Waals surface area contributed by atoms with Gasteiger partial charge in [-0.05, 0) is 31.0 Å². The molecule has 1 aromatic carbocycles. The molecule has 1 aromatic rings. The molecule has 1 heterocycles. The fourth-order valence-electron chi connectivity index (χ4n) is 2.80. The van der Waals surface area contributed by atoms with E-state index in [2.05, 4.69) is 0 Å². The van der Waals surface area contributed by atoms with Crippen molar-refractivity contribution in [2.75, 3.05) is 13.7 Å². The lowest BCUT2D eigenvalue weighted by Gasteiger charge is -2.52. The minimum atomic E-state index is -1.35. The zero-order valence-electron chi connectivity index (χ0n) is 12.2. The number of benzene rings is 1. The number of carboxylic acid groups (broad SMARTS) is 1. The molecule has 1 saturated heterocycles. The molecule has 6 heteroatoms. The molecule has 1 aliphatic rings. The van der Waals surface area contributed by atoms with Crippen LogP contribution >= 0.6 is 0 Å². The highest BCUT2D eigenvalue weighted by Gasteiger charge is 2.50. The second kappa shape index (κ2) is 5.83. The Hall–Kier alpha value is -1.92. The number of hydrogen-bond donors (Lipinski definition) is 2. The van der Waals surface area contributed by atoms with E-state index in [0.717, 1.165) is 6.42 Å². The number of nitrogens with two attached hydrogens (primary N) is 1. The smallest absolute Gasteiger partial charge is 0.317 e. The molecular weight excluding hydrogens is 272 g/mol. The van der Waals surface area contributed by atoms with Gasteiger partial charge in [0.1, 0.15) is 23.6 Å². The molecule has 0 aliphatic carbocycles. The fraction of sp³-hybridized carbons (Fsp3) is 0.467. The summed E-state index contributed by atoms with van der Waals surface area (Å²) in [5, 5.41) is 9.36. The van der Waals surface area contributed by atoms with Crippen LogP contribution < -0.4 is 10.5 Å². The number of likely N-dealkylation sites (tertiary alicyclic amines) is 1. The van der Waals surface area contributed by atoms with Gasteiger partial charge in [-0.1, -0.05) is 12.1 Å². The predicted molar refractivity (Wildman–Crippen MR) is 76.8 cm³/mol. The van der Waals surface area contributed by atoms with E-state index in [1.165, 1.54) is 0 Å². The van der Waals surface area contributed by atoms with Gasteiger partial charge in [0.25, 0.3) is 0 Å². The maximum absolute atomic E-state index is 11.5. The van der Waals surface area contributed by atoms with E-state index in [-0.39, 0.29) is 6.04 Å². The Kier molecular flexibility index (Phi) is 4.29. The van der Waals surface area contributed by atoms with E-state index in [9.17, 15) is 14.7 Å². The second-order valence-electron chi connectivity index (χ2n) is 5.34. The minimum absolute atomic E-state index is 0.138. The Bertz CT molecular complexity index is 531. The van der Waals surface area contributed by atoms with Crippen LogP contribution in [-0.2, 0) is 15.3 Å². The molecule has 0 amide bonds. The number of aldehydes is 1. The number of ether oxygens (including phenoxy) is 1. The summed E-state index contributed by atoms with van der Waals surface area (Å²) in [5.41, 5.74) is 5.68. The summed E-state index contributed by atoms with van der Waals surface area (Å²) in [5.74, 6) is -1.90. The molecule has 2 unspecified atom stereocenters. The summed E-state index contributed by atoms with van der Waals surface area (Å²) < 4.78 is 5.10. The number of carbonyl (C=O) groups excluding carboxylic acids is 1. The van der Waals surface area contributed by atoms with Crippen LogP contribution in [0.25, 0.3) is 0 Å². The Balaban J connectivity index is 2.48. The van der Waals surface area contributed by atoms with E-state index in [1.807, 2.05) is 11.8 Å². The van der Waals surface area contributed by atoms with Crippen molar-refractivity contribution in [3.05, 3.63) is 29.8 Å². The number of hydrogen-bond acceptors (Lipinski definition) is 5. The van der Waals surface area contributed by atoms with Gasteiger partial charge < -0.3 is 20.4 Å². The third kappa shape index (κ3) is 2.52. The first-order valence-electron chi connectivity index (χ1n) is 6.83. The average Bonchev–Trinajstić information content (AvgIpc) is 2.45. The van der Waals surface area contributed by atoms with Crippen LogP contribution in [0.5, 0.6) is 5.75 Å². The Morgan fingerprint density at radius 1 is 1.52 bits per heavy atom. The van der Waals surface area contributed by atoms with E-state index >= 15 is 0 Å². The Morgan fingerprint density at radius 2 is 2.14 bits per heavy atom. The number of rotatable bonds is 6. The van der Waals surface area contributed by atoms with Crippen LogP contribution in [0, 0.1) is 5.92 Å². The molecule has 1 aliphatic heterocycles. The quantitative estimate of drug-likeness (QED) is 0.595. The van der Waals surface area contributed by atoms with Gasteiger partial charge in [0.2, 0.25) is 0 Å². The van der Waals surface area contributed by atoms with Crippen molar-refractivity contribution in [2.24, 2.45) is 11.7 Å². The van der Waals surface area contributed by atoms with E-state index in [4.69, 9.17) is 10.5 Å². The van der Waals surface area contributed by atoms with Crippen LogP contribution in [-0.4, -0.2) is 42.0 Å². The summed E-state index contributed by atoms with van der Waals surface area (Å²) in [4.78, 5) is 24.7. The van der Waals surface area contributed by atoms with E-state index in [0.29, 0.717) is 24.1 Å². The van der Waals surface area contributed by atoms with E-state index in [1.54, 1.807) is 31.4 Å². The standard InChI is InChI=1S/C15H20N2O4/c1-10-7-8-17(10)15(16,13(9-18)14(19)20)11-3-5-12(21-2)6-4-11/h3-6,9-10,13H,7-8,16H2,1-2H3,(H,19,20)/t10-,13?,15?/m1/s1. The molecule has 114 valence electrons. The third-order valence-corrected chi connectivity index (χ3v) is 4.22. The molecule has 3 N–H and O–H groups in total. The number of carboxylic acids is 1. The normalized spacial score (nSPS) is 22.7. The largest absolute Gasteiger partial charge is 0.497 e. The molecular formula is C15H20N2O4. The molecule has 1 fully saturated rings. The molecule has 2 rings (SSSR count). The third-order valence-electron chi connectivity index (χ3n) is 4.22. The molecule has 3 atom stereocenters. The average molecular weight is 292 g/mol. The molecule has 6 nitrogen and oxygen atoms in total. The lowest BCUT2D eigenvalue weighted by Crippen LogP contribution is -2.67. The molecule has 0 bridgehead atoms. The van der Waals surface area contributed by atoms with Crippen LogP contribution in [0.15, 0.2) is 24.3 Å².